The molecule has 0 heterocycles. The Balaban J connectivity index is 1.59. The quantitative estimate of drug-likeness (QED) is 0.227. The van der Waals surface area contributed by atoms with Gasteiger partial charge in [0.05, 0.1) is 18.5 Å². The molecule has 0 atom stereocenters. The zero-order chi connectivity index (χ0) is 24.5. The Labute approximate surface area is 209 Å². The predicted molar refractivity (Wildman–Crippen MR) is 132 cm³/mol. The second-order valence-corrected chi connectivity index (χ2v) is 8.18. The summed E-state index contributed by atoms with van der Waals surface area (Å²) in [5.41, 5.74) is 3.53. The lowest BCUT2D eigenvalue weighted by Gasteiger charge is -2.12. The molecule has 10 heteroatoms. The van der Waals surface area contributed by atoms with Gasteiger partial charge in [-0.25, -0.2) is 9.82 Å². The molecule has 0 aromatic heterocycles. The minimum absolute atomic E-state index is 0.122. The fraction of sp³-hybridized carbons (Fsp3) is 0.125. The number of nitrogens with one attached hydrogen (secondary N) is 2. The predicted octanol–water partition coefficient (Wildman–Crippen LogP) is 5.31. The van der Waals surface area contributed by atoms with Crippen LogP contribution in [0, 0.1) is 5.82 Å². The molecule has 0 saturated carbocycles. The first kappa shape index (κ1) is 25.2. The summed E-state index contributed by atoms with van der Waals surface area (Å²) in [6, 6.07) is 16.5. The van der Waals surface area contributed by atoms with E-state index in [9.17, 15) is 14.0 Å². The Morgan fingerprint density at radius 2 is 1.79 bits per heavy atom. The fourth-order valence-electron chi connectivity index (χ4n) is 2.72. The van der Waals surface area contributed by atoms with Gasteiger partial charge in [0, 0.05) is 9.50 Å². The van der Waals surface area contributed by atoms with Crippen LogP contribution in [0.15, 0.2) is 70.2 Å². The molecule has 2 N–H and O–H groups in total. The summed E-state index contributed by atoms with van der Waals surface area (Å²) in [5.74, 6) is -1.75. The molecule has 176 valence electrons. The Morgan fingerprint density at radius 1 is 1.03 bits per heavy atom. The van der Waals surface area contributed by atoms with E-state index in [1.165, 1.54) is 24.4 Å². The van der Waals surface area contributed by atoms with E-state index >= 15 is 0 Å². The van der Waals surface area contributed by atoms with Crippen molar-refractivity contribution in [1.82, 2.24) is 5.43 Å². The average molecular weight is 549 g/mol. The number of nitrogens with zero attached hydrogens (tertiary/aromatic N) is 1. The highest BCUT2D eigenvalue weighted by molar-refractivity contribution is 9.10. The molecule has 34 heavy (non-hydrogen) atoms. The van der Waals surface area contributed by atoms with Gasteiger partial charge in [0.25, 0.3) is 0 Å². The lowest BCUT2D eigenvalue weighted by Crippen LogP contribution is -2.32. The molecule has 0 spiro atoms. The number of anilines is 1. The summed E-state index contributed by atoms with van der Waals surface area (Å²) < 4.78 is 25.8. The van der Waals surface area contributed by atoms with E-state index in [-0.39, 0.29) is 5.69 Å². The van der Waals surface area contributed by atoms with Crippen molar-refractivity contribution in [3.05, 3.63) is 87.1 Å². The number of carbonyl (C=O) groups excluding carboxylic acids is 2. The maximum Gasteiger partial charge on any atom is 0.329 e. The van der Waals surface area contributed by atoms with Gasteiger partial charge < -0.3 is 14.8 Å². The molecule has 0 aliphatic rings. The maximum atomic E-state index is 13.8. The van der Waals surface area contributed by atoms with Crippen LogP contribution in [-0.2, 0) is 16.2 Å². The largest absolute Gasteiger partial charge is 0.490 e. The minimum Gasteiger partial charge on any atom is -0.490 e. The molecule has 3 rings (SSSR count). The van der Waals surface area contributed by atoms with Gasteiger partial charge in [-0.05, 0) is 66.6 Å². The van der Waals surface area contributed by atoms with Crippen molar-refractivity contribution >= 4 is 51.2 Å². The number of ether oxygens (including phenoxy) is 2. The standard InChI is InChI=1S/C24H20BrClFN3O4/c1-2-33-22-11-16(5-10-21(22)34-14-15-3-7-18(26)8-4-15)13-28-30-24(32)23(31)29-20-9-6-17(25)12-19(20)27/h3-13H,2,14H2,1H3,(H,29,31)(H,30,32)/b28-13+. The third-order valence-electron chi connectivity index (χ3n) is 4.34. The number of benzene rings is 3. The van der Waals surface area contributed by atoms with Crippen LogP contribution in [0.5, 0.6) is 11.5 Å². The third-order valence-corrected chi connectivity index (χ3v) is 5.09. The average Bonchev–Trinajstić information content (AvgIpc) is 2.81. The highest BCUT2D eigenvalue weighted by Gasteiger charge is 2.15. The summed E-state index contributed by atoms with van der Waals surface area (Å²) in [5, 5.41) is 6.61. The smallest absolute Gasteiger partial charge is 0.329 e. The second kappa shape index (κ2) is 12.2. The number of amides is 2. The number of halogens is 3. The number of hydrogen-bond donors (Lipinski definition) is 2. The molecule has 0 aliphatic heterocycles. The van der Waals surface area contributed by atoms with Crippen molar-refractivity contribution in [1.29, 1.82) is 0 Å². The van der Waals surface area contributed by atoms with Gasteiger partial charge in [-0.1, -0.05) is 39.7 Å². The zero-order valence-electron chi connectivity index (χ0n) is 18.0. The van der Waals surface area contributed by atoms with Crippen molar-refractivity contribution in [2.75, 3.05) is 11.9 Å². The van der Waals surface area contributed by atoms with Crippen LogP contribution in [0.2, 0.25) is 5.02 Å². The third kappa shape index (κ3) is 7.29. The number of rotatable bonds is 8. The fourth-order valence-corrected chi connectivity index (χ4v) is 3.18. The van der Waals surface area contributed by atoms with Crippen LogP contribution in [0.1, 0.15) is 18.1 Å². The van der Waals surface area contributed by atoms with Crippen LogP contribution in [0.4, 0.5) is 10.1 Å². The van der Waals surface area contributed by atoms with E-state index < -0.39 is 17.6 Å². The summed E-state index contributed by atoms with van der Waals surface area (Å²) >= 11 is 9.02. The molecule has 3 aromatic rings. The lowest BCUT2D eigenvalue weighted by atomic mass is 10.2. The van der Waals surface area contributed by atoms with Gasteiger partial charge in [-0.15, -0.1) is 0 Å². The van der Waals surface area contributed by atoms with E-state index in [0.29, 0.717) is 39.8 Å². The molecule has 3 aromatic carbocycles. The number of hydrazone groups is 1. The van der Waals surface area contributed by atoms with E-state index in [4.69, 9.17) is 21.1 Å². The van der Waals surface area contributed by atoms with Crippen molar-refractivity contribution < 1.29 is 23.5 Å². The van der Waals surface area contributed by atoms with Crippen molar-refractivity contribution in [2.24, 2.45) is 5.10 Å². The molecule has 0 unspecified atom stereocenters. The topological polar surface area (TPSA) is 89.0 Å². The van der Waals surface area contributed by atoms with Crippen LogP contribution < -0.4 is 20.2 Å². The first-order chi connectivity index (χ1) is 16.4. The molecular weight excluding hydrogens is 529 g/mol. The monoisotopic (exact) mass is 547 g/mol. The normalized spacial score (nSPS) is 10.7. The summed E-state index contributed by atoms with van der Waals surface area (Å²) in [4.78, 5) is 23.9. The maximum absolute atomic E-state index is 13.8. The van der Waals surface area contributed by atoms with Crippen LogP contribution in [-0.4, -0.2) is 24.6 Å². The molecule has 0 aliphatic carbocycles. The van der Waals surface area contributed by atoms with Gasteiger partial charge >= 0.3 is 11.8 Å². The lowest BCUT2D eigenvalue weighted by molar-refractivity contribution is -0.136. The highest BCUT2D eigenvalue weighted by Crippen LogP contribution is 2.29. The SMILES string of the molecule is CCOc1cc(/C=N/NC(=O)C(=O)Nc2ccc(Br)cc2F)ccc1OCc1ccc(Cl)cc1. The highest BCUT2D eigenvalue weighted by atomic mass is 79.9. The van der Waals surface area contributed by atoms with Crippen LogP contribution in [0.25, 0.3) is 0 Å². The molecule has 0 saturated heterocycles. The Hall–Kier alpha value is -3.43. The van der Waals surface area contributed by atoms with Crippen molar-refractivity contribution in [3.63, 3.8) is 0 Å². The second-order valence-electron chi connectivity index (χ2n) is 6.83. The molecule has 7 nitrogen and oxygen atoms in total. The van der Waals surface area contributed by atoms with Gasteiger partial charge in [0.15, 0.2) is 11.5 Å². The Morgan fingerprint density at radius 3 is 2.50 bits per heavy atom. The summed E-state index contributed by atoms with van der Waals surface area (Å²) in [6.07, 6.45) is 1.34. The summed E-state index contributed by atoms with van der Waals surface area (Å²) in [6.45, 7) is 2.59. The number of hydrogen-bond acceptors (Lipinski definition) is 5. The van der Waals surface area contributed by atoms with Gasteiger partial charge in [-0.2, -0.15) is 5.10 Å². The van der Waals surface area contributed by atoms with Crippen LogP contribution in [0.3, 0.4) is 0 Å². The van der Waals surface area contributed by atoms with Gasteiger partial charge in [0.1, 0.15) is 12.4 Å². The molecular formula is C24H20BrClFN3O4. The van der Waals surface area contributed by atoms with Crippen molar-refractivity contribution in [2.45, 2.75) is 13.5 Å². The number of carbonyl (C=O) groups is 2. The molecule has 0 radical (unpaired) electrons. The Kier molecular flexibility index (Phi) is 9.00. The van der Waals surface area contributed by atoms with E-state index in [1.54, 1.807) is 30.3 Å². The Bertz CT molecular complexity index is 1210. The van der Waals surface area contributed by atoms with Gasteiger partial charge in [-0.3, -0.25) is 9.59 Å². The summed E-state index contributed by atoms with van der Waals surface area (Å²) in [7, 11) is 0. The van der Waals surface area contributed by atoms with E-state index in [0.717, 1.165) is 5.56 Å². The first-order valence-corrected chi connectivity index (χ1v) is 11.3. The molecule has 0 fully saturated rings. The zero-order valence-corrected chi connectivity index (χ0v) is 20.3. The molecule has 0 bridgehead atoms. The first-order valence-electron chi connectivity index (χ1n) is 10.1. The van der Waals surface area contributed by atoms with Gasteiger partial charge in [0.2, 0.25) is 0 Å². The van der Waals surface area contributed by atoms with E-state index in [1.807, 2.05) is 19.1 Å². The van der Waals surface area contributed by atoms with Crippen LogP contribution >= 0.6 is 27.5 Å². The minimum atomic E-state index is -1.06. The molecule has 2 amide bonds. The van der Waals surface area contributed by atoms with Crippen molar-refractivity contribution in [3.8, 4) is 11.5 Å². The van der Waals surface area contributed by atoms with E-state index in [2.05, 4.69) is 31.8 Å².